The van der Waals surface area contributed by atoms with Gasteiger partial charge in [0.25, 0.3) is 0 Å². The van der Waals surface area contributed by atoms with E-state index >= 15 is 0 Å². The highest BCUT2D eigenvalue weighted by molar-refractivity contribution is 14.1. The molecule has 2 rings (SSSR count). The number of anilines is 1. The zero-order valence-electron chi connectivity index (χ0n) is 9.24. The van der Waals surface area contributed by atoms with Crippen molar-refractivity contribution in [3.8, 4) is 0 Å². The van der Waals surface area contributed by atoms with Gasteiger partial charge in [0.2, 0.25) is 0 Å². The molecule has 0 spiro atoms. The Labute approximate surface area is 116 Å². The summed E-state index contributed by atoms with van der Waals surface area (Å²) in [6.45, 7) is 1.86. The number of aryl methyl sites for hydroxylation is 1. The molecular formula is C10H10FIN4S. The Balaban J connectivity index is 2.36. The molecule has 0 fully saturated rings. The SMILES string of the molecule is Cc1nnc(Sc2cc(F)c(I)cc2N)n1C. The molecule has 2 N–H and O–H groups in total. The quantitative estimate of drug-likeness (QED) is 0.658. The first-order chi connectivity index (χ1) is 7.99. The third-order valence-corrected chi connectivity index (χ3v) is 4.24. The molecule has 17 heavy (non-hydrogen) atoms. The summed E-state index contributed by atoms with van der Waals surface area (Å²) in [5.41, 5.74) is 6.39. The van der Waals surface area contributed by atoms with Gasteiger partial charge in [-0.15, -0.1) is 10.2 Å². The van der Waals surface area contributed by atoms with Gasteiger partial charge in [-0.1, -0.05) is 0 Å². The molecule has 0 radical (unpaired) electrons. The molecule has 0 atom stereocenters. The molecule has 1 aromatic carbocycles. The minimum absolute atomic E-state index is 0.277. The molecule has 7 heteroatoms. The smallest absolute Gasteiger partial charge is 0.195 e. The number of nitrogens with two attached hydrogens (primary N) is 1. The molecular weight excluding hydrogens is 354 g/mol. The summed E-state index contributed by atoms with van der Waals surface area (Å²) in [6, 6.07) is 3.03. The first kappa shape index (κ1) is 12.6. The van der Waals surface area contributed by atoms with E-state index in [4.69, 9.17) is 5.73 Å². The summed E-state index contributed by atoms with van der Waals surface area (Å²) >= 11 is 3.22. The average molecular weight is 364 g/mol. The van der Waals surface area contributed by atoms with Crippen molar-refractivity contribution in [2.75, 3.05) is 5.73 Å². The van der Waals surface area contributed by atoms with E-state index in [-0.39, 0.29) is 5.82 Å². The van der Waals surface area contributed by atoms with Gasteiger partial charge in [-0.05, 0) is 53.4 Å². The van der Waals surface area contributed by atoms with Crippen LogP contribution in [0, 0.1) is 16.3 Å². The fourth-order valence-corrected chi connectivity index (χ4v) is 2.59. The standard InChI is InChI=1S/C10H10FIN4S/c1-5-14-15-10(16(5)2)17-9-3-6(11)7(12)4-8(9)13/h3-4H,13H2,1-2H3. The monoisotopic (exact) mass is 364 g/mol. The van der Waals surface area contributed by atoms with Gasteiger partial charge in [-0.25, -0.2) is 4.39 Å². The van der Waals surface area contributed by atoms with Crippen LogP contribution >= 0.6 is 34.4 Å². The topological polar surface area (TPSA) is 56.7 Å². The van der Waals surface area contributed by atoms with Gasteiger partial charge in [0.15, 0.2) is 5.16 Å². The van der Waals surface area contributed by atoms with Crippen molar-refractivity contribution >= 4 is 40.0 Å². The number of rotatable bonds is 2. The maximum atomic E-state index is 13.4. The predicted molar refractivity (Wildman–Crippen MR) is 73.4 cm³/mol. The molecule has 0 bridgehead atoms. The van der Waals surface area contributed by atoms with Gasteiger partial charge in [-0.2, -0.15) is 0 Å². The summed E-state index contributed by atoms with van der Waals surface area (Å²) in [4.78, 5) is 0.651. The number of nitrogens with zero attached hydrogens (tertiary/aromatic N) is 3. The maximum absolute atomic E-state index is 13.4. The molecule has 0 saturated carbocycles. The Bertz CT molecular complexity index is 570. The minimum Gasteiger partial charge on any atom is -0.398 e. The summed E-state index contributed by atoms with van der Waals surface area (Å²) in [5.74, 6) is 0.526. The Morgan fingerprint density at radius 2 is 2.12 bits per heavy atom. The molecule has 4 nitrogen and oxygen atoms in total. The molecule has 0 saturated heterocycles. The minimum atomic E-state index is -0.277. The van der Waals surface area contributed by atoms with Crippen molar-refractivity contribution in [3.05, 3.63) is 27.3 Å². The fraction of sp³-hybridized carbons (Fsp3) is 0.200. The molecule has 0 amide bonds. The number of aromatic nitrogens is 3. The second-order valence-electron chi connectivity index (χ2n) is 3.50. The van der Waals surface area contributed by atoms with E-state index in [9.17, 15) is 4.39 Å². The summed E-state index contributed by atoms with van der Waals surface area (Å²) in [7, 11) is 1.86. The zero-order chi connectivity index (χ0) is 12.6. The van der Waals surface area contributed by atoms with Crippen LogP contribution in [0.3, 0.4) is 0 Å². The molecule has 0 aliphatic heterocycles. The van der Waals surface area contributed by atoms with Crippen LogP contribution in [0.2, 0.25) is 0 Å². The molecule has 1 aromatic heterocycles. The molecule has 0 aliphatic rings. The van der Waals surface area contributed by atoms with Gasteiger partial charge in [0.05, 0.1) is 3.57 Å². The maximum Gasteiger partial charge on any atom is 0.195 e. The predicted octanol–water partition coefficient (Wildman–Crippen LogP) is 2.60. The van der Waals surface area contributed by atoms with Crippen LogP contribution in [-0.2, 0) is 7.05 Å². The van der Waals surface area contributed by atoms with E-state index in [1.165, 1.54) is 17.8 Å². The Morgan fingerprint density at radius 1 is 1.41 bits per heavy atom. The molecule has 0 unspecified atom stereocenters. The number of nitrogen functional groups attached to an aromatic ring is 1. The molecule has 0 aliphatic carbocycles. The lowest BCUT2D eigenvalue weighted by Gasteiger charge is -2.06. The van der Waals surface area contributed by atoms with E-state index in [2.05, 4.69) is 10.2 Å². The van der Waals surface area contributed by atoms with Crippen LogP contribution < -0.4 is 5.73 Å². The van der Waals surface area contributed by atoms with Crippen LogP contribution in [0.5, 0.6) is 0 Å². The fourth-order valence-electron chi connectivity index (χ4n) is 1.21. The van der Waals surface area contributed by atoms with E-state index in [0.717, 1.165) is 5.82 Å². The van der Waals surface area contributed by atoms with Gasteiger partial charge >= 0.3 is 0 Å². The van der Waals surface area contributed by atoms with E-state index in [0.29, 0.717) is 19.3 Å². The molecule has 2 aromatic rings. The normalized spacial score (nSPS) is 10.8. The van der Waals surface area contributed by atoms with Crippen LogP contribution in [-0.4, -0.2) is 14.8 Å². The largest absolute Gasteiger partial charge is 0.398 e. The summed E-state index contributed by atoms with van der Waals surface area (Å²) in [6.07, 6.45) is 0. The van der Waals surface area contributed by atoms with E-state index in [1.54, 1.807) is 6.07 Å². The first-order valence-electron chi connectivity index (χ1n) is 4.77. The molecule has 90 valence electrons. The van der Waals surface area contributed by atoms with Crippen molar-refractivity contribution in [2.45, 2.75) is 17.0 Å². The Kier molecular flexibility index (Phi) is 3.57. The second-order valence-corrected chi connectivity index (χ2v) is 5.67. The van der Waals surface area contributed by atoms with Crippen LogP contribution in [0.4, 0.5) is 10.1 Å². The van der Waals surface area contributed by atoms with Crippen molar-refractivity contribution < 1.29 is 4.39 Å². The van der Waals surface area contributed by atoms with E-state index < -0.39 is 0 Å². The summed E-state index contributed by atoms with van der Waals surface area (Å²) < 4.78 is 15.8. The van der Waals surface area contributed by atoms with Gasteiger partial charge in [-0.3, -0.25) is 0 Å². The third-order valence-electron chi connectivity index (χ3n) is 2.31. The lowest BCUT2D eigenvalue weighted by Crippen LogP contribution is -1.96. The van der Waals surface area contributed by atoms with Crippen LogP contribution in [0.25, 0.3) is 0 Å². The summed E-state index contributed by atoms with van der Waals surface area (Å²) in [5, 5.41) is 8.63. The van der Waals surface area contributed by atoms with Crippen molar-refractivity contribution in [2.24, 2.45) is 7.05 Å². The lowest BCUT2D eigenvalue weighted by atomic mass is 10.3. The third kappa shape index (κ3) is 2.54. The Morgan fingerprint density at radius 3 is 2.71 bits per heavy atom. The number of halogens is 2. The van der Waals surface area contributed by atoms with Gasteiger partial charge in [0, 0.05) is 17.6 Å². The Hall–Kier alpha value is -0.830. The van der Waals surface area contributed by atoms with Gasteiger partial charge < -0.3 is 10.3 Å². The van der Waals surface area contributed by atoms with Crippen molar-refractivity contribution in [3.63, 3.8) is 0 Å². The first-order valence-corrected chi connectivity index (χ1v) is 6.67. The number of benzene rings is 1. The van der Waals surface area contributed by atoms with Crippen LogP contribution in [0.15, 0.2) is 22.2 Å². The highest BCUT2D eigenvalue weighted by Crippen LogP contribution is 2.32. The van der Waals surface area contributed by atoms with Crippen molar-refractivity contribution in [1.29, 1.82) is 0 Å². The van der Waals surface area contributed by atoms with Crippen LogP contribution in [0.1, 0.15) is 5.82 Å². The average Bonchev–Trinajstić information content (AvgIpc) is 2.58. The zero-order valence-corrected chi connectivity index (χ0v) is 12.2. The lowest BCUT2D eigenvalue weighted by molar-refractivity contribution is 0.617. The number of hydrogen-bond donors (Lipinski definition) is 1. The second kappa shape index (κ2) is 4.81. The highest BCUT2D eigenvalue weighted by Gasteiger charge is 2.11. The molecule has 1 heterocycles. The van der Waals surface area contributed by atoms with E-state index in [1.807, 2.05) is 41.1 Å². The van der Waals surface area contributed by atoms with Crippen molar-refractivity contribution in [1.82, 2.24) is 14.8 Å². The van der Waals surface area contributed by atoms with Gasteiger partial charge in [0.1, 0.15) is 11.6 Å². The highest BCUT2D eigenvalue weighted by atomic mass is 127. The number of hydrogen-bond acceptors (Lipinski definition) is 4.